The van der Waals surface area contributed by atoms with Crippen LogP contribution in [0.4, 0.5) is 16.8 Å². The molecular formula is C27H23N5O3S2. The van der Waals surface area contributed by atoms with Crippen molar-refractivity contribution in [1.82, 2.24) is 15.0 Å². The van der Waals surface area contributed by atoms with Gasteiger partial charge < -0.3 is 10.1 Å². The summed E-state index contributed by atoms with van der Waals surface area (Å²) in [6.45, 7) is 0.406. The first-order chi connectivity index (χ1) is 18.1. The molecule has 0 fully saturated rings. The Morgan fingerprint density at radius 1 is 0.811 bits per heavy atom. The minimum atomic E-state index is -3.72. The summed E-state index contributed by atoms with van der Waals surface area (Å²) in [5.41, 5.74) is 2.94. The van der Waals surface area contributed by atoms with Gasteiger partial charge in [0.2, 0.25) is 11.8 Å². The molecule has 0 saturated heterocycles. The van der Waals surface area contributed by atoms with Gasteiger partial charge in [0.05, 0.1) is 4.90 Å². The summed E-state index contributed by atoms with van der Waals surface area (Å²) >= 11 is 1.21. The molecule has 2 aromatic heterocycles. The van der Waals surface area contributed by atoms with Gasteiger partial charge in [-0.3, -0.25) is 4.72 Å². The van der Waals surface area contributed by atoms with Crippen LogP contribution in [-0.2, 0) is 10.0 Å². The van der Waals surface area contributed by atoms with Crippen LogP contribution in [0.25, 0.3) is 0 Å². The van der Waals surface area contributed by atoms with Crippen molar-refractivity contribution in [2.45, 2.75) is 10.8 Å². The van der Waals surface area contributed by atoms with Crippen LogP contribution >= 0.6 is 11.3 Å². The van der Waals surface area contributed by atoms with Crippen LogP contribution in [0.1, 0.15) is 17.0 Å². The smallest absolute Gasteiger partial charge is 0.263 e. The molecule has 0 aliphatic heterocycles. The van der Waals surface area contributed by atoms with Crippen LogP contribution in [0, 0.1) is 0 Å². The lowest BCUT2D eigenvalue weighted by Crippen LogP contribution is -2.13. The topological polar surface area (TPSA) is 106 Å². The highest BCUT2D eigenvalue weighted by Crippen LogP contribution is 2.26. The number of sulfonamides is 1. The fourth-order valence-electron chi connectivity index (χ4n) is 3.70. The third-order valence-corrected chi connectivity index (χ3v) is 7.68. The average molecular weight is 530 g/mol. The molecule has 2 heterocycles. The van der Waals surface area contributed by atoms with Crippen molar-refractivity contribution in [3.63, 3.8) is 0 Å². The molecule has 3 aromatic carbocycles. The van der Waals surface area contributed by atoms with E-state index in [0.717, 1.165) is 11.1 Å². The largest absolute Gasteiger partial charge is 0.477 e. The van der Waals surface area contributed by atoms with Crippen LogP contribution in [0.2, 0.25) is 0 Å². The third kappa shape index (κ3) is 6.29. The number of hydrogen-bond acceptors (Lipinski definition) is 8. The molecule has 37 heavy (non-hydrogen) atoms. The highest BCUT2D eigenvalue weighted by atomic mass is 32.2. The number of hydrogen-bond donors (Lipinski definition) is 2. The minimum Gasteiger partial charge on any atom is -0.477 e. The van der Waals surface area contributed by atoms with E-state index in [1.54, 1.807) is 29.8 Å². The van der Waals surface area contributed by atoms with Crippen molar-refractivity contribution in [1.29, 1.82) is 0 Å². The van der Waals surface area contributed by atoms with E-state index in [1.165, 1.54) is 29.7 Å². The molecule has 186 valence electrons. The number of anilines is 3. The second-order valence-electron chi connectivity index (χ2n) is 8.00. The first-order valence-electron chi connectivity index (χ1n) is 11.4. The Bertz CT molecular complexity index is 1490. The van der Waals surface area contributed by atoms with Crippen LogP contribution < -0.4 is 14.8 Å². The first-order valence-corrected chi connectivity index (χ1v) is 13.8. The van der Waals surface area contributed by atoms with Gasteiger partial charge in [-0.1, -0.05) is 60.7 Å². The van der Waals surface area contributed by atoms with Gasteiger partial charge >= 0.3 is 0 Å². The molecule has 0 amide bonds. The van der Waals surface area contributed by atoms with Gasteiger partial charge in [0, 0.05) is 35.4 Å². The summed E-state index contributed by atoms with van der Waals surface area (Å²) in [5, 5.41) is 5.11. The minimum absolute atomic E-state index is 0.0428. The Morgan fingerprint density at radius 2 is 1.49 bits per heavy atom. The molecule has 2 N–H and O–H groups in total. The molecule has 0 saturated carbocycles. The maximum Gasteiger partial charge on any atom is 0.263 e. The van der Waals surface area contributed by atoms with Gasteiger partial charge in [0.1, 0.15) is 6.61 Å². The summed E-state index contributed by atoms with van der Waals surface area (Å²) in [6.07, 6.45) is 3.15. The Hall–Kier alpha value is -4.28. The molecule has 0 aliphatic carbocycles. The molecule has 0 unspecified atom stereocenters. The molecular weight excluding hydrogens is 506 g/mol. The molecule has 0 bridgehead atoms. The van der Waals surface area contributed by atoms with Gasteiger partial charge in [-0.2, -0.15) is 4.98 Å². The van der Waals surface area contributed by atoms with Gasteiger partial charge in [-0.05, 0) is 35.4 Å². The summed E-state index contributed by atoms with van der Waals surface area (Å²) in [5.74, 6) is 0.812. The zero-order valence-corrected chi connectivity index (χ0v) is 21.2. The fourth-order valence-corrected chi connectivity index (χ4v) is 5.49. The SMILES string of the molecule is O=S(=O)(Nc1nccs1)c1ccc(Nc2nccc(OCC(c3ccccc3)c3ccccc3)n2)cc1. The third-order valence-electron chi connectivity index (χ3n) is 5.51. The van der Waals surface area contributed by atoms with Gasteiger partial charge in [-0.25, -0.2) is 18.4 Å². The molecule has 0 atom stereocenters. The summed E-state index contributed by atoms with van der Waals surface area (Å²) < 4.78 is 33.6. The fraction of sp³-hybridized carbons (Fsp3) is 0.0741. The molecule has 8 nitrogen and oxygen atoms in total. The van der Waals surface area contributed by atoms with E-state index in [1.807, 2.05) is 36.4 Å². The van der Waals surface area contributed by atoms with Gasteiger partial charge in [-0.15, -0.1) is 11.3 Å². The number of nitrogens with one attached hydrogen (secondary N) is 2. The van der Waals surface area contributed by atoms with E-state index in [-0.39, 0.29) is 10.8 Å². The predicted octanol–water partition coefficient (Wildman–Crippen LogP) is 5.69. The molecule has 0 spiro atoms. The quantitative estimate of drug-likeness (QED) is 0.239. The predicted molar refractivity (Wildman–Crippen MR) is 145 cm³/mol. The standard InChI is InChI=1S/C27H23N5O3S2/c33-37(34,32-27-29-17-18-36-27)23-13-11-22(12-14-23)30-26-28-16-15-25(31-26)35-19-24(20-7-3-1-4-8-20)21-9-5-2-6-10-21/h1-18,24H,19H2,(H,29,32)(H,28,30,31). The number of thiazole rings is 1. The molecule has 0 radical (unpaired) electrons. The molecule has 5 aromatic rings. The van der Waals surface area contributed by atoms with Crippen LogP contribution in [-0.4, -0.2) is 30.0 Å². The molecule has 10 heteroatoms. The molecule has 0 aliphatic rings. The zero-order valence-electron chi connectivity index (χ0n) is 19.6. The van der Waals surface area contributed by atoms with E-state index < -0.39 is 10.0 Å². The Morgan fingerprint density at radius 3 is 2.11 bits per heavy atom. The van der Waals surface area contributed by atoms with E-state index in [4.69, 9.17) is 4.74 Å². The summed E-state index contributed by atoms with van der Waals surface area (Å²) in [4.78, 5) is 12.8. The van der Waals surface area contributed by atoms with E-state index in [9.17, 15) is 8.42 Å². The average Bonchev–Trinajstić information content (AvgIpc) is 3.43. The number of ether oxygens (including phenoxy) is 1. The lowest BCUT2D eigenvalue weighted by atomic mass is 9.92. The van der Waals surface area contributed by atoms with Gasteiger partial charge in [0.25, 0.3) is 10.0 Å². The van der Waals surface area contributed by atoms with E-state index in [0.29, 0.717) is 29.3 Å². The second-order valence-corrected chi connectivity index (χ2v) is 10.6. The number of aromatic nitrogens is 3. The first kappa shape index (κ1) is 24.4. The van der Waals surface area contributed by atoms with Crippen molar-refractivity contribution in [2.75, 3.05) is 16.6 Å². The number of nitrogens with zero attached hydrogens (tertiary/aromatic N) is 3. The van der Waals surface area contributed by atoms with E-state index >= 15 is 0 Å². The highest BCUT2D eigenvalue weighted by molar-refractivity contribution is 7.93. The van der Waals surface area contributed by atoms with Crippen molar-refractivity contribution in [3.05, 3.63) is 120 Å². The number of rotatable bonds is 10. The maximum absolute atomic E-state index is 12.5. The lowest BCUT2D eigenvalue weighted by Gasteiger charge is -2.18. The Balaban J connectivity index is 1.26. The highest BCUT2D eigenvalue weighted by Gasteiger charge is 2.17. The van der Waals surface area contributed by atoms with Gasteiger partial charge in [0.15, 0.2) is 5.13 Å². The van der Waals surface area contributed by atoms with Crippen molar-refractivity contribution in [3.8, 4) is 5.88 Å². The second kappa shape index (κ2) is 11.2. The van der Waals surface area contributed by atoms with Crippen LogP contribution in [0.3, 0.4) is 0 Å². The molecule has 5 rings (SSSR count). The Kier molecular flexibility index (Phi) is 7.38. The Labute approximate surface area is 219 Å². The van der Waals surface area contributed by atoms with Crippen LogP contribution in [0.15, 0.2) is 114 Å². The summed E-state index contributed by atoms with van der Waals surface area (Å²) in [7, 11) is -3.72. The maximum atomic E-state index is 12.5. The summed E-state index contributed by atoms with van der Waals surface area (Å²) in [6, 6.07) is 28.4. The van der Waals surface area contributed by atoms with E-state index in [2.05, 4.69) is 49.3 Å². The lowest BCUT2D eigenvalue weighted by molar-refractivity contribution is 0.292. The zero-order chi connectivity index (χ0) is 25.5. The van der Waals surface area contributed by atoms with Crippen molar-refractivity contribution >= 4 is 38.1 Å². The monoisotopic (exact) mass is 529 g/mol. The van der Waals surface area contributed by atoms with Crippen molar-refractivity contribution in [2.24, 2.45) is 0 Å². The van der Waals surface area contributed by atoms with Crippen molar-refractivity contribution < 1.29 is 13.2 Å². The normalized spacial score (nSPS) is 11.3. The van der Waals surface area contributed by atoms with Crippen LogP contribution in [0.5, 0.6) is 5.88 Å². The number of benzene rings is 3.